The third-order valence-corrected chi connectivity index (χ3v) is 3.76. The van der Waals surface area contributed by atoms with Gasteiger partial charge in [-0.05, 0) is 40.5 Å². The van der Waals surface area contributed by atoms with Crippen molar-refractivity contribution in [1.82, 2.24) is 20.2 Å². The van der Waals surface area contributed by atoms with Gasteiger partial charge in [0, 0.05) is 4.90 Å². The van der Waals surface area contributed by atoms with E-state index in [1.165, 1.54) is 0 Å². The lowest BCUT2D eigenvalue weighted by molar-refractivity contribution is -0.132. The van der Waals surface area contributed by atoms with Crippen LogP contribution in [-0.4, -0.2) is 37.5 Å². The Morgan fingerprint density at radius 2 is 2.15 bits per heavy atom. The number of thioether (sulfide) groups is 1. The molecule has 0 spiro atoms. The summed E-state index contributed by atoms with van der Waals surface area (Å²) in [6.07, 6.45) is 3.60. The van der Waals surface area contributed by atoms with E-state index >= 15 is 0 Å². The number of hydrogen-bond donors (Lipinski definition) is 2. The maximum atomic E-state index is 11.2. The first-order valence-corrected chi connectivity index (χ1v) is 7.05. The van der Waals surface area contributed by atoms with Crippen molar-refractivity contribution in [3.8, 4) is 0 Å². The van der Waals surface area contributed by atoms with Gasteiger partial charge in [0.25, 0.3) is 0 Å². The standard InChI is InChI=1S/C12H11N5O2S/c1-20-8-4-2-7(3-5-8)10-6-9(11(18)19)13-12-14-15-16-17(10)12/h2-6,10H,1H3,(H,18,19)(H,13,14,16)/t10-/m1/s1. The van der Waals surface area contributed by atoms with E-state index in [1.54, 1.807) is 22.5 Å². The molecule has 1 aromatic carbocycles. The number of rotatable bonds is 3. The van der Waals surface area contributed by atoms with Crippen LogP contribution in [0.2, 0.25) is 0 Å². The Bertz CT molecular complexity index is 679. The Morgan fingerprint density at radius 3 is 2.80 bits per heavy atom. The number of carboxylic acid groups (broad SMARTS) is 1. The molecule has 1 aliphatic rings. The van der Waals surface area contributed by atoms with Crippen LogP contribution >= 0.6 is 11.8 Å². The molecule has 0 unspecified atom stereocenters. The van der Waals surface area contributed by atoms with Crippen LogP contribution in [0.1, 0.15) is 11.6 Å². The minimum atomic E-state index is -1.04. The fraction of sp³-hybridized carbons (Fsp3) is 0.167. The van der Waals surface area contributed by atoms with Crippen molar-refractivity contribution in [3.63, 3.8) is 0 Å². The average molecular weight is 289 g/mol. The lowest BCUT2D eigenvalue weighted by Crippen LogP contribution is -2.24. The average Bonchev–Trinajstić information content (AvgIpc) is 2.94. The van der Waals surface area contributed by atoms with Gasteiger partial charge < -0.3 is 10.4 Å². The van der Waals surface area contributed by atoms with Gasteiger partial charge in [-0.3, -0.25) is 0 Å². The van der Waals surface area contributed by atoms with Crippen molar-refractivity contribution in [3.05, 3.63) is 41.6 Å². The molecule has 8 heteroatoms. The fourth-order valence-corrected chi connectivity index (χ4v) is 2.43. The van der Waals surface area contributed by atoms with E-state index in [-0.39, 0.29) is 11.7 Å². The summed E-state index contributed by atoms with van der Waals surface area (Å²) >= 11 is 1.65. The van der Waals surface area contributed by atoms with Crippen LogP contribution in [-0.2, 0) is 4.79 Å². The molecule has 0 saturated carbocycles. The Morgan fingerprint density at radius 1 is 1.40 bits per heavy atom. The molecule has 0 saturated heterocycles. The van der Waals surface area contributed by atoms with Gasteiger partial charge in [0.15, 0.2) is 0 Å². The molecule has 0 aliphatic carbocycles. The summed E-state index contributed by atoms with van der Waals surface area (Å²) in [5.41, 5.74) is 1.00. The van der Waals surface area contributed by atoms with Crippen LogP contribution in [0.3, 0.4) is 0 Å². The maximum Gasteiger partial charge on any atom is 0.352 e. The SMILES string of the molecule is CSc1ccc([C@H]2C=C(C(=O)O)Nc3nnnn32)cc1. The van der Waals surface area contributed by atoms with Gasteiger partial charge in [0.05, 0.1) is 0 Å². The van der Waals surface area contributed by atoms with Crippen molar-refractivity contribution in [2.75, 3.05) is 11.6 Å². The molecule has 2 heterocycles. The molecular weight excluding hydrogens is 278 g/mol. The van der Waals surface area contributed by atoms with Gasteiger partial charge in [-0.1, -0.05) is 17.2 Å². The number of carbonyl (C=O) groups is 1. The molecule has 0 radical (unpaired) electrons. The highest BCUT2D eigenvalue weighted by molar-refractivity contribution is 7.98. The number of tetrazole rings is 1. The molecule has 0 fully saturated rings. The van der Waals surface area contributed by atoms with Gasteiger partial charge in [-0.15, -0.1) is 11.8 Å². The first-order chi connectivity index (χ1) is 9.69. The van der Waals surface area contributed by atoms with Crippen LogP contribution < -0.4 is 5.32 Å². The Hall–Kier alpha value is -2.35. The molecule has 0 amide bonds. The van der Waals surface area contributed by atoms with Crippen LogP contribution in [0.5, 0.6) is 0 Å². The van der Waals surface area contributed by atoms with E-state index in [1.807, 2.05) is 30.5 Å². The third kappa shape index (κ3) is 2.14. The summed E-state index contributed by atoms with van der Waals surface area (Å²) in [6.45, 7) is 0. The predicted molar refractivity (Wildman–Crippen MR) is 73.5 cm³/mol. The number of fused-ring (bicyclic) bond motifs is 1. The molecule has 7 nitrogen and oxygen atoms in total. The lowest BCUT2D eigenvalue weighted by atomic mass is 10.0. The Kier molecular flexibility index (Phi) is 3.15. The van der Waals surface area contributed by atoms with E-state index in [2.05, 4.69) is 20.8 Å². The van der Waals surface area contributed by atoms with Crippen molar-refractivity contribution >= 4 is 23.7 Å². The molecule has 1 atom stereocenters. The van der Waals surface area contributed by atoms with Gasteiger partial charge in [-0.25, -0.2) is 4.79 Å². The summed E-state index contributed by atoms with van der Waals surface area (Å²) in [4.78, 5) is 12.3. The van der Waals surface area contributed by atoms with E-state index < -0.39 is 5.97 Å². The van der Waals surface area contributed by atoms with Gasteiger partial charge >= 0.3 is 5.97 Å². The maximum absolute atomic E-state index is 11.2. The van der Waals surface area contributed by atoms with Gasteiger partial charge in [0.2, 0.25) is 5.95 Å². The monoisotopic (exact) mass is 289 g/mol. The topological polar surface area (TPSA) is 92.9 Å². The van der Waals surface area contributed by atoms with Crippen LogP contribution in [0.15, 0.2) is 40.9 Å². The van der Waals surface area contributed by atoms with E-state index in [0.29, 0.717) is 5.95 Å². The molecule has 0 bridgehead atoms. The number of benzene rings is 1. The second-order valence-corrected chi connectivity index (χ2v) is 5.06. The quantitative estimate of drug-likeness (QED) is 0.824. The van der Waals surface area contributed by atoms with Crippen molar-refractivity contribution in [2.24, 2.45) is 0 Å². The number of hydrogen-bond acceptors (Lipinski definition) is 6. The molecule has 1 aliphatic heterocycles. The molecule has 20 heavy (non-hydrogen) atoms. The summed E-state index contributed by atoms with van der Waals surface area (Å²) < 4.78 is 1.56. The zero-order chi connectivity index (χ0) is 14.1. The normalized spacial score (nSPS) is 17.1. The minimum Gasteiger partial charge on any atom is -0.477 e. The summed E-state index contributed by atoms with van der Waals surface area (Å²) in [5.74, 6) is -0.714. The first kappa shape index (κ1) is 12.7. The van der Waals surface area contributed by atoms with E-state index in [9.17, 15) is 4.79 Å². The van der Waals surface area contributed by atoms with Crippen molar-refractivity contribution in [2.45, 2.75) is 10.9 Å². The Labute approximate surface area is 118 Å². The van der Waals surface area contributed by atoms with Gasteiger partial charge in [0.1, 0.15) is 11.7 Å². The van der Waals surface area contributed by atoms with Crippen LogP contribution in [0.4, 0.5) is 5.95 Å². The van der Waals surface area contributed by atoms with Crippen LogP contribution in [0.25, 0.3) is 0 Å². The second-order valence-electron chi connectivity index (χ2n) is 4.18. The van der Waals surface area contributed by atoms with Crippen molar-refractivity contribution in [1.29, 1.82) is 0 Å². The zero-order valence-corrected chi connectivity index (χ0v) is 11.3. The number of carboxylic acids is 1. The fourth-order valence-electron chi connectivity index (χ4n) is 2.02. The van der Waals surface area contributed by atoms with Gasteiger partial charge in [-0.2, -0.15) is 4.68 Å². The Balaban J connectivity index is 2.04. The number of anilines is 1. The molecule has 2 aromatic rings. The largest absolute Gasteiger partial charge is 0.477 e. The molecule has 3 rings (SSSR count). The number of nitrogens with one attached hydrogen (secondary N) is 1. The number of aliphatic carboxylic acids is 1. The smallest absolute Gasteiger partial charge is 0.352 e. The highest BCUT2D eigenvalue weighted by Gasteiger charge is 2.26. The highest BCUT2D eigenvalue weighted by Crippen LogP contribution is 2.28. The van der Waals surface area contributed by atoms with Crippen molar-refractivity contribution < 1.29 is 9.90 Å². The first-order valence-electron chi connectivity index (χ1n) is 5.83. The lowest BCUT2D eigenvalue weighted by Gasteiger charge is -2.21. The zero-order valence-electron chi connectivity index (χ0n) is 10.5. The van der Waals surface area contributed by atoms with E-state index in [0.717, 1.165) is 10.5 Å². The minimum absolute atomic E-state index is 0.0752. The van der Waals surface area contributed by atoms with E-state index in [4.69, 9.17) is 5.11 Å². The number of allylic oxidation sites excluding steroid dienone is 1. The highest BCUT2D eigenvalue weighted by atomic mass is 32.2. The summed E-state index contributed by atoms with van der Waals surface area (Å²) in [6, 6.07) is 7.54. The second kappa shape index (κ2) is 4.97. The third-order valence-electron chi connectivity index (χ3n) is 3.02. The molecule has 102 valence electrons. The predicted octanol–water partition coefficient (Wildman–Crippen LogP) is 1.38. The molecular formula is C12H11N5O2S. The summed E-state index contributed by atoms with van der Waals surface area (Å²) in [7, 11) is 0. The molecule has 1 aromatic heterocycles. The summed E-state index contributed by atoms with van der Waals surface area (Å²) in [5, 5.41) is 23.1. The molecule has 2 N–H and O–H groups in total. The number of nitrogens with zero attached hydrogens (tertiary/aromatic N) is 4. The van der Waals surface area contributed by atoms with Crippen LogP contribution in [0, 0.1) is 0 Å². The number of aromatic nitrogens is 4.